The van der Waals surface area contributed by atoms with Gasteiger partial charge in [0.25, 0.3) is 0 Å². The largest absolute Gasteiger partial charge is 0.387 e. The number of nitrogens with zero attached hydrogens (tertiary/aromatic N) is 2. The van der Waals surface area contributed by atoms with Crippen LogP contribution in [0.3, 0.4) is 0 Å². The number of nitrogens with one attached hydrogen (secondary N) is 2. The van der Waals surface area contributed by atoms with E-state index in [1.54, 1.807) is 0 Å². The summed E-state index contributed by atoms with van der Waals surface area (Å²) >= 11 is 0. The van der Waals surface area contributed by atoms with Gasteiger partial charge in [-0.3, -0.25) is 0 Å². The summed E-state index contributed by atoms with van der Waals surface area (Å²) in [6, 6.07) is 13.1. The third kappa shape index (κ3) is 4.16. The van der Waals surface area contributed by atoms with Gasteiger partial charge in [0.1, 0.15) is 5.65 Å². The summed E-state index contributed by atoms with van der Waals surface area (Å²) in [7, 11) is 0. The molecule has 0 fully saturated rings. The lowest BCUT2D eigenvalue weighted by atomic mass is 10.1. The first kappa shape index (κ1) is 17.0. The molecule has 3 aromatic rings. The van der Waals surface area contributed by atoms with Crippen molar-refractivity contribution in [1.82, 2.24) is 20.0 Å². The van der Waals surface area contributed by atoms with Crippen LogP contribution in [0, 0.1) is 13.8 Å². The number of aromatic nitrogens is 2. The van der Waals surface area contributed by atoms with Gasteiger partial charge in [-0.25, -0.2) is 9.78 Å². The normalized spacial score (nSPS) is 12.1. The van der Waals surface area contributed by atoms with Crippen LogP contribution in [0.15, 0.2) is 48.7 Å². The highest BCUT2D eigenvalue weighted by atomic mass is 16.3. The number of amides is 2. The van der Waals surface area contributed by atoms with Gasteiger partial charge >= 0.3 is 6.03 Å². The lowest BCUT2D eigenvalue weighted by Gasteiger charge is -2.13. The van der Waals surface area contributed by atoms with Crippen LogP contribution in [0.5, 0.6) is 0 Å². The van der Waals surface area contributed by atoms with Gasteiger partial charge in [-0.15, -0.1) is 0 Å². The minimum absolute atomic E-state index is 0.152. The minimum atomic E-state index is -0.732. The van der Waals surface area contributed by atoms with Gasteiger partial charge in [0.15, 0.2) is 0 Å². The second-order valence-electron chi connectivity index (χ2n) is 6.12. The highest BCUT2D eigenvalue weighted by Gasteiger charge is 2.10. The molecule has 25 heavy (non-hydrogen) atoms. The van der Waals surface area contributed by atoms with Gasteiger partial charge in [0, 0.05) is 18.4 Å². The Morgan fingerprint density at radius 1 is 1.16 bits per heavy atom. The molecule has 0 spiro atoms. The van der Waals surface area contributed by atoms with Crippen LogP contribution in [0.2, 0.25) is 0 Å². The minimum Gasteiger partial charge on any atom is -0.387 e. The van der Waals surface area contributed by atoms with Crippen LogP contribution in [0.25, 0.3) is 5.65 Å². The van der Waals surface area contributed by atoms with E-state index < -0.39 is 6.10 Å². The maximum Gasteiger partial charge on any atom is 0.315 e. The quantitative estimate of drug-likeness (QED) is 0.669. The van der Waals surface area contributed by atoms with E-state index in [1.807, 2.05) is 66.9 Å². The number of hydrogen-bond donors (Lipinski definition) is 3. The summed E-state index contributed by atoms with van der Waals surface area (Å²) in [6.07, 6.45) is 1.18. The predicted molar refractivity (Wildman–Crippen MR) is 96.3 cm³/mol. The number of carbonyl (C=O) groups is 1. The molecule has 1 atom stereocenters. The van der Waals surface area contributed by atoms with E-state index in [9.17, 15) is 9.90 Å². The van der Waals surface area contributed by atoms with Crippen molar-refractivity contribution in [3.8, 4) is 0 Å². The van der Waals surface area contributed by atoms with Crippen LogP contribution in [-0.2, 0) is 6.54 Å². The highest BCUT2D eigenvalue weighted by Crippen LogP contribution is 2.12. The van der Waals surface area contributed by atoms with Crippen molar-refractivity contribution >= 4 is 11.7 Å². The number of urea groups is 1. The summed E-state index contributed by atoms with van der Waals surface area (Å²) in [5.74, 6) is 0. The zero-order valence-electron chi connectivity index (χ0n) is 14.4. The van der Waals surface area contributed by atoms with Crippen LogP contribution < -0.4 is 10.6 Å². The van der Waals surface area contributed by atoms with Crippen LogP contribution in [0.1, 0.15) is 28.6 Å². The average Bonchev–Trinajstić information content (AvgIpc) is 3.03. The molecule has 2 aromatic heterocycles. The van der Waals surface area contributed by atoms with Crippen LogP contribution >= 0.6 is 0 Å². The Hall–Kier alpha value is -2.86. The number of carbonyl (C=O) groups excluding carboxylic acids is 1. The summed E-state index contributed by atoms with van der Waals surface area (Å²) in [5, 5.41) is 15.5. The van der Waals surface area contributed by atoms with Gasteiger partial charge in [0.2, 0.25) is 0 Å². The van der Waals surface area contributed by atoms with E-state index in [1.165, 1.54) is 0 Å². The number of aliphatic hydroxyl groups is 1. The fourth-order valence-corrected chi connectivity index (χ4v) is 2.61. The fraction of sp³-hybridized carbons (Fsp3) is 0.263. The maximum atomic E-state index is 11.9. The molecule has 2 heterocycles. The molecule has 6 heteroatoms. The Morgan fingerprint density at radius 2 is 1.92 bits per heavy atom. The first-order valence-corrected chi connectivity index (χ1v) is 8.23. The smallest absolute Gasteiger partial charge is 0.315 e. The number of fused-ring (bicyclic) bond motifs is 1. The van der Waals surface area contributed by atoms with Crippen molar-refractivity contribution in [3.63, 3.8) is 0 Å². The van der Waals surface area contributed by atoms with Gasteiger partial charge in [-0.1, -0.05) is 35.9 Å². The molecule has 3 N–H and O–H groups in total. The molecule has 1 aromatic carbocycles. The Bertz CT molecular complexity index is 871. The van der Waals surface area contributed by atoms with E-state index in [0.29, 0.717) is 6.54 Å². The number of hydrogen-bond acceptors (Lipinski definition) is 3. The molecule has 0 bridgehead atoms. The lowest BCUT2D eigenvalue weighted by molar-refractivity contribution is 0.173. The molecule has 0 aliphatic heterocycles. The van der Waals surface area contributed by atoms with Crippen molar-refractivity contribution in [2.45, 2.75) is 26.5 Å². The fourth-order valence-electron chi connectivity index (χ4n) is 2.61. The van der Waals surface area contributed by atoms with E-state index in [4.69, 9.17) is 0 Å². The second kappa shape index (κ2) is 7.36. The van der Waals surface area contributed by atoms with Crippen molar-refractivity contribution in [2.75, 3.05) is 6.54 Å². The number of pyridine rings is 1. The molecule has 0 aliphatic carbocycles. The molecule has 130 valence electrons. The topological polar surface area (TPSA) is 78.7 Å². The summed E-state index contributed by atoms with van der Waals surface area (Å²) in [5.41, 5.74) is 4.63. The van der Waals surface area contributed by atoms with Crippen molar-refractivity contribution in [2.24, 2.45) is 0 Å². The molecular formula is C19H22N4O2. The molecule has 1 unspecified atom stereocenters. The second-order valence-corrected chi connectivity index (χ2v) is 6.12. The first-order chi connectivity index (χ1) is 12.0. The number of rotatable bonds is 5. The Kier molecular flexibility index (Phi) is 5.00. The van der Waals surface area contributed by atoms with Crippen LogP contribution in [0.4, 0.5) is 4.79 Å². The molecule has 0 radical (unpaired) electrons. The lowest BCUT2D eigenvalue weighted by Crippen LogP contribution is -2.37. The van der Waals surface area contributed by atoms with Crippen LogP contribution in [-0.4, -0.2) is 27.1 Å². The third-order valence-corrected chi connectivity index (χ3v) is 4.09. The number of imidazole rings is 1. The summed E-state index contributed by atoms with van der Waals surface area (Å²) in [4.78, 5) is 16.4. The summed E-state index contributed by atoms with van der Waals surface area (Å²) < 4.78 is 1.98. The Balaban J connectivity index is 1.50. The van der Waals surface area contributed by atoms with Crippen molar-refractivity contribution in [1.29, 1.82) is 0 Å². The molecule has 0 saturated carbocycles. The van der Waals surface area contributed by atoms with Crippen molar-refractivity contribution in [3.05, 3.63) is 71.2 Å². The standard InChI is InChI=1S/C19H22N4O2/c1-13-6-8-15(9-7-13)17(24)11-21-19(25)20-10-16-12-23-14(2)4-3-5-18(23)22-16/h3-9,12,17,24H,10-11H2,1-2H3,(H2,20,21,25). The SMILES string of the molecule is Cc1ccc(C(O)CNC(=O)NCc2cn3c(C)cccc3n2)cc1. The summed E-state index contributed by atoms with van der Waals surface area (Å²) in [6.45, 7) is 4.47. The first-order valence-electron chi connectivity index (χ1n) is 8.23. The number of aryl methyl sites for hydroxylation is 2. The maximum absolute atomic E-state index is 11.9. The molecule has 0 aliphatic rings. The average molecular weight is 338 g/mol. The van der Waals surface area contributed by atoms with E-state index in [0.717, 1.165) is 28.2 Å². The van der Waals surface area contributed by atoms with Gasteiger partial charge in [-0.05, 0) is 31.5 Å². The van der Waals surface area contributed by atoms with Gasteiger partial charge in [0.05, 0.1) is 18.3 Å². The highest BCUT2D eigenvalue weighted by molar-refractivity contribution is 5.73. The van der Waals surface area contributed by atoms with E-state index in [-0.39, 0.29) is 12.6 Å². The zero-order valence-corrected chi connectivity index (χ0v) is 14.4. The zero-order chi connectivity index (χ0) is 17.8. The Morgan fingerprint density at radius 3 is 2.64 bits per heavy atom. The molecule has 3 rings (SSSR count). The molecule has 6 nitrogen and oxygen atoms in total. The van der Waals surface area contributed by atoms with Crippen molar-refractivity contribution < 1.29 is 9.90 Å². The number of benzene rings is 1. The van der Waals surface area contributed by atoms with Gasteiger partial charge < -0.3 is 20.1 Å². The molecule has 0 saturated heterocycles. The van der Waals surface area contributed by atoms with Gasteiger partial charge in [-0.2, -0.15) is 0 Å². The van der Waals surface area contributed by atoms with E-state index >= 15 is 0 Å². The molecule has 2 amide bonds. The monoisotopic (exact) mass is 338 g/mol. The third-order valence-electron chi connectivity index (χ3n) is 4.09. The predicted octanol–water partition coefficient (Wildman–Crippen LogP) is 2.48. The van der Waals surface area contributed by atoms with E-state index in [2.05, 4.69) is 15.6 Å². The Labute approximate surface area is 146 Å². The number of aliphatic hydroxyl groups excluding tert-OH is 1. The molecular weight excluding hydrogens is 316 g/mol.